The monoisotopic (exact) mass is 208 g/mol. The van der Waals surface area contributed by atoms with Crippen molar-refractivity contribution in [2.45, 2.75) is 6.42 Å². The fourth-order valence-corrected chi connectivity index (χ4v) is 1.45. The summed E-state index contributed by atoms with van der Waals surface area (Å²) in [5, 5.41) is 1.43. The topological polar surface area (TPSA) is 0 Å². The van der Waals surface area contributed by atoms with E-state index in [-0.39, 0.29) is 0 Å². The van der Waals surface area contributed by atoms with Crippen molar-refractivity contribution in [1.29, 1.82) is 0 Å². The van der Waals surface area contributed by atoms with Crippen LogP contribution in [0.15, 0.2) is 18.2 Å². The second kappa shape index (κ2) is 4.20. The van der Waals surface area contributed by atoms with Gasteiger partial charge in [0.1, 0.15) is 0 Å². The summed E-state index contributed by atoms with van der Waals surface area (Å²) in [7, 11) is 0. The van der Waals surface area contributed by atoms with Gasteiger partial charge in [0, 0.05) is 15.9 Å². The van der Waals surface area contributed by atoms with Crippen LogP contribution in [-0.4, -0.2) is 5.88 Å². The molecular weight excluding hydrogens is 202 g/mol. The minimum atomic E-state index is 0.570. The predicted molar refractivity (Wildman–Crippen MR) is 50.9 cm³/mol. The number of alkyl halides is 1. The van der Waals surface area contributed by atoms with Gasteiger partial charge in [0.25, 0.3) is 0 Å². The van der Waals surface area contributed by atoms with E-state index in [2.05, 4.69) is 0 Å². The van der Waals surface area contributed by atoms with E-state index in [1.807, 2.05) is 6.07 Å². The van der Waals surface area contributed by atoms with Crippen LogP contribution in [0.2, 0.25) is 10.0 Å². The fourth-order valence-electron chi connectivity index (χ4n) is 0.837. The lowest BCUT2D eigenvalue weighted by atomic mass is 10.2. The summed E-state index contributed by atoms with van der Waals surface area (Å²) in [5.41, 5.74) is 1.01. The summed E-state index contributed by atoms with van der Waals surface area (Å²) >= 11 is 17.2. The molecule has 0 heterocycles. The molecule has 0 atom stereocenters. The van der Waals surface area contributed by atoms with Crippen molar-refractivity contribution >= 4 is 34.8 Å². The molecule has 1 aromatic rings. The first-order valence-corrected chi connectivity index (χ1v) is 4.53. The van der Waals surface area contributed by atoms with Gasteiger partial charge in [0.15, 0.2) is 0 Å². The molecule has 3 heteroatoms. The lowest BCUT2D eigenvalue weighted by Gasteiger charge is -2.00. The van der Waals surface area contributed by atoms with Crippen LogP contribution in [0.1, 0.15) is 5.56 Å². The van der Waals surface area contributed by atoms with Gasteiger partial charge < -0.3 is 0 Å². The maximum atomic E-state index is 5.86. The quantitative estimate of drug-likeness (QED) is 0.651. The standard InChI is InChI=1S/C8H7Cl3/c9-4-3-6-5-7(10)1-2-8(6)11/h1-2,5H,3-4H2. The second-order valence-electron chi connectivity index (χ2n) is 2.17. The normalized spacial score (nSPS) is 10.1. The van der Waals surface area contributed by atoms with Crippen LogP contribution >= 0.6 is 34.8 Å². The van der Waals surface area contributed by atoms with Crippen LogP contribution in [-0.2, 0) is 6.42 Å². The smallest absolute Gasteiger partial charge is 0.0439 e. The lowest BCUT2D eigenvalue weighted by Crippen LogP contribution is -1.86. The Bertz CT molecular complexity index is 245. The molecule has 0 saturated carbocycles. The molecule has 60 valence electrons. The Kier molecular flexibility index (Phi) is 3.50. The van der Waals surface area contributed by atoms with Gasteiger partial charge in [-0.25, -0.2) is 0 Å². The largest absolute Gasteiger partial charge is 0.126 e. The highest BCUT2D eigenvalue weighted by Gasteiger charge is 1.99. The fraction of sp³-hybridized carbons (Fsp3) is 0.250. The molecule has 0 aliphatic heterocycles. The van der Waals surface area contributed by atoms with Crippen LogP contribution in [0.5, 0.6) is 0 Å². The van der Waals surface area contributed by atoms with Crippen LogP contribution in [0.4, 0.5) is 0 Å². The summed E-state index contributed by atoms with van der Waals surface area (Å²) in [4.78, 5) is 0. The molecule has 0 spiro atoms. The molecule has 0 fully saturated rings. The van der Waals surface area contributed by atoms with Crippen molar-refractivity contribution in [2.24, 2.45) is 0 Å². The SMILES string of the molecule is ClCCc1cc(Cl)ccc1Cl. The number of halogens is 3. The average Bonchev–Trinajstić information content (AvgIpc) is 1.98. The molecule has 0 unspecified atom stereocenters. The second-order valence-corrected chi connectivity index (χ2v) is 3.40. The molecule has 0 saturated heterocycles. The van der Waals surface area contributed by atoms with Crippen molar-refractivity contribution in [3.05, 3.63) is 33.8 Å². The first-order valence-electron chi connectivity index (χ1n) is 3.24. The minimum Gasteiger partial charge on any atom is -0.126 e. The van der Waals surface area contributed by atoms with Gasteiger partial charge in [0.05, 0.1) is 0 Å². The molecule has 11 heavy (non-hydrogen) atoms. The van der Waals surface area contributed by atoms with Gasteiger partial charge in [0.2, 0.25) is 0 Å². The van der Waals surface area contributed by atoms with Gasteiger partial charge in [-0.05, 0) is 30.2 Å². The van der Waals surface area contributed by atoms with Crippen LogP contribution in [0.25, 0.3) is 0 Å². The van der Waals surface area contributed by atoms with Crippen molar-refractivity contribution in [3.63, 3.8) is 0 Å². The highest BCUT2D eigenvalue weighted by atomic mass is 35.5. The van der Waals surface area contributed by atoms with E-state index < -0.39 is 0 Å². The number of benzene rings is 1. The Hall–Kier alpha value is 0.0900. The summed E-state index contributed by atoms with van der Waals surface area (Å²) in [6.07, 6.45) is 0.765. The molecule has 0 radical (unpaired) electrons. The van der Waals surface area contributed by atoms with E-state index in [1.54, 1.807) is 12.1 Å². The van der Waals surface area contributed by atoms with Gasteiger partial charge in [-0.2, -0.15) is 0 Å². The molecule has 1 rings (SSSR count). The number of rotatable bonds is 2. The summed E-state index contributed by atoms with van der Waals surface area (Å²) < 4.78 is 0. The minimum absolute atomic E-state index is 0.570. The lowest BCUT2D eigenvalue weighted by molar-refractivity contribution is 1.15. The molecule has 0 aromatic heterocycles. The van der Waals surface area contributed by atoms with Gasteiger partial charge in [-0.3, -0.25) is 0 Å². The van der Waals surface area contributed by atoms with E-state index in [0.717, 1.165) is 17.0 Å². The predicted octanol–water partition coefficient (Wildman–Crippen LogP) is 3.77. The zero-order valence-corrected chi connectivity index (χ0v) is 8.05. The zero-order valence-electron chi connectivity index (χ0n) is 5.78. The van der Waals surface area contributed by atoms with Gasteiger partial charge >= 0.3 is 0 Å². The van der Waals surface area contributed by atoms with Crippen molar-refractivity contribution in [1.82, 2.24) is 0 Å². The average molecular weight is 210 g/mol. The maximum Gasteiger partial charge on any atom is 0.0439 e. The molecule has 0 aliphatic carbocycles. The number of hydrogen-bond acceptors (Lipinski definition) is 0. The Balaban J connectivity index is 2.93. The van der Waals surface area contributed by atoms with E-state index in [4.69, 9.17) is 34.8 Å². The molecular formula is C8H7Cl3. The maximum absolute atomic E-state index is 5.86. The van der Waals surface area contributed by atoms with Gasteiger partial charge in [-0.15, -0.1) is 11.6 Å². The van der Waals surface area contributed by atoms with Crippen molar-refractivity contribution < 1.29 is 0 Å². The number of aryl methyl sites for hydroxylation is 1. The van der Waals surface area contributed by atoms with Crippen LogP contribution in [0, 0.1) is 0 Å². The number of hydrogen-bond donors (Lipinski definition) is 0. The molecule has 0 nitrogen and oxygen atoms in total. The Labute approximate surface area is 81.1 Å². The van der Waals surface area contributed by atoms with E-state index in [1.165, 1.54) is 0 Å². The van der Waals surface area contributed by atoms with Crippen LogP contribution < -0.4 is 0 Å². The Morgan fingerprint density at radius 1 is 1.18 bits per heavy atom. The van der Waals surface area contributed by atoms with Crippen LogP contribution in [0.3, 0.4) is 0 Å². The third-order valence-electron chi connectivity index (χ3n) is 1.37. The summed E-state index contributed by atoms with van der Waals surface area (Å²) in [6.45, 7) is 0. The van der Waals surface area contributed by atoms with E-state index in [9.17, 15) is 0 Å². The van der Waals surface area contributed by atoms with Crippen molar-refractivity contribution in [2.75, 3.05) is 5.88 Å². The highest BCUT2D eigenvalue weighted by Crippen LogP contribution is 2.20. The molecule has 1 aromatic carbocycles. The van der Waals surface area contributed by atoms with Gasteiger partial charge in [-0.1, -0.05) is 23.2 Å². The molecule has 0 bridgehead atoms. The highest BCUT2D eigenvalue weighted by molar-refractivity contribution is 6.33. The third-order valence-corrected chi connectivity index (χ3v) is 2.16. The van der Waals surface area contributed by atoms with Crippen molar-refractivity contribution in [3.8, 4) is 0 Å². The molecule has 0 N–H and O–H groups in total. The Morgan fingerprint density at radius 2 is 1.91 bits per heavy atom. The van der Waals surface area contributed by atoms with E-state index in [0.29, 0.717) is 10.9 Å². The molecule has 0 aliphatic rings. The van der Waals surface area contributed by atoms with E-state index >= 15 is 0 Å². The Morgan fingerprint density at radius 3 is 2.55 bits per heavy atom. The molecule has 0 amide bonds. The zero-order chi connectivity index (χ0) is 8.27. The summed E-state index contributed by atoms with van der Waals surface area (Å²) in [6, 6.07) is 5.39. The first-order chi connectivity index (χ1) is 5.24. The third kappa shape index (κ3) is 2.55. The first kappa shape index (κ1) is 9.18. The summed E-state index contributed by atoms with van der Waals surface area (Å²) in [5.74, 6) is 0.570.